The predicted octanol–water partition coefficient (Wildman–Crippen LogP) is 0.464. The first-order chi connectivity index (χ1) is 34.4. The zero-order chi connectivity index (χ0) is 50.3. The summed E-state index contributed by atoms with van der Waals surface area (Å²) in [4.78, 5) is 137. The number of fused-ring (bicyclic) bond motifs is 1. The van der Waals surface area contributed by atoms with Crippen LogP contribution in [0, 0.1) is 0 Å². The molecule has 4 aromatic rings. The number of piperidine rings is 1. The largest absolute Gasteiger partial charge is 0.384 e. The van der Waals surface area contributed by atoms with E-state index in [1.165, 1.54) is 24.2 Å². The van der Waals surface area contributed by atoms with E-state index in [0.717, 1.165) is 16.0 Å². The monoisotopic (exact) mass is 973 g/mol. The number of hydrogen-bond acceptors (Lipinski definition) is 16. The molecule has 9 amide bonds. The highest BCUT2D eigenvalue weighted by Crippen LogP contribution is 2.33. The Morgan fingerprint density at radius 3 is 2.27 bits per heavy atom. The Morgan fingerprint density at radius 1 is 0.775 bits per heavy atom. The van der Waals surface area contributed by atoms with Crippen molar-refractivity contribution in [2.75, 3.05) is 89.8 Å². The van der Waals surface area contributed by atoms with Gasteiger partial charge in [-0.3, -0.25) is 73.2 Å². The molecule has 7 rings (SSSR count). The van der Waals surface area contributed by atoms with Crippen molar-refractivity contribution in [2.24, 2.45) is 0 Å². The quantitative estimate of drug-likeness (QED) is 0.0528. The van der Waals surface area contributed by atoms with Crippen LogP contribution < -0.4 is 26.6 Å². The van der Waals surface area contributed by atoms with Crippen LogP contribution in [0.25, 0.3) is 22.5 Å². The van der Waals surface area contributed by atoms with Gasteiger partial charge in [0.15, 0.2) is 5.82 Å². The van der Waals surface area contributed by atoms with Gasteiger partial charge in [-0.15, -0.1) is 0 Å². The number of hydrogen-bond donors (Lipinski definition) is 5. The number of piperazine rings is 1. The van der Waals surface area contributed by atoms with E-state index < -0.39 is 29.7 Å². The summed E-state index contributed by atoms with van der Waals surface area (Å²) in [5, 5.41) is 13.5. The van der Waals surface area contributed by atoms with Crippen molar-refractivity contribution >= 4 is 64.7 Å². The minimum absolute atomic E-state index is 0.0130. The number of anilines is 2. The van der Waals surface area contributed by atoms with Crippen LogP contribution in [0.5, 0.6) is 0 Å². The van der Waals surface area contributed by atoms with E-state index in [0.29, 0.717) is 49.7 Å². The minimum atomic E-state index is -1.08. The SMILES string of the molecule is CN(CC(=O)NCCOCCNC(=O)CN1CCN(C(=O)CCC(=O)Nc2cnc(-c3ccncc3)c(-c3cccnc3)n2)CC1)C(=O)CCCNc1cccc2c1C(=O)N(C1CCC(=O)NC1=O)C2=O. The molecule has 71 heavy (non-hydrogen) atoms. The molecule has 1 aromatic carbocycles. The molecule has 0 aliphatic carbocycles. The third-order valence-electron chi connectivity index (χ3n) is 11.9. The molecule has 0 saturated carbocycles. The molecular weight excluding hydrogens is 919 g/mol. The minimum Gasteiger partial charge on any atom is -0.384 e. The van der Waals surface area contributed by atoms with Gasteiger partial charge >= 0.3 is 0 Å². The first kappa shape index (κ1) is 50.8. The summed E-state index contributed by atoms with van der Waals surface area (Å²) >= 11 is 0. The van der Waals surface area contributed by atoms with Crippen molar-refractivity contribution in [3.8, 4) is 22.5 Å². The number of nitrogens with zero attached hydrogens (tertiary/aromatic N) is 8. The van der Waals surface area contributed by atoms with Crippen LogP contribution in [0.3, 0.4) is 0 Å². The Labute approximate surface area is 408 Å². The van der Waals surface area contributed by atoms with Gasteiger partial charge in [0.05, 0.1) is 49.3 Å². The fraction of sp³-hybridized carbons (Fsp3) is 0.396. The maximum atomic E-state index is 13.3. The summed E-state index contributed by atoms with van der Waals surface area (Å²) < 4.78 is 5.54. The number of nitrogens with one attached hydrogen (secondary N) is 5. The van der Waals surface area contributed by atoms with E-state index >= 15 is 0 Å². The van der Waals surface area contributed by atoms with E-state index in [2.05, 4.69) is 46.5 Å². The maximum Gasteiger partial charge on any atom is 0.264 e. The molecule has 5 N–H and O–H groups in total. The van der Waals surface area contributed by atoms with E-state index in [9.17, 15) is 43.2 Å². The number of benzene rings is 1. The second-order valence-corrected chi connectivity index (χ2v) is 16.9. The lowest BCUT2D eigenvalue weighted by Gasteiger charge is -2.34. The van der Waals surface area contributed by atoms with Crippen LogP contribution in [0.1, 0.15) is 59.2 Å². The number of aromatic nitrogens is 4. The molecule has 2 fully saturated rings. The van der Waals surface area contributed by atoms with Crippen LogP contribution >= 0.6 is 0 Å². The highest BCUT2D eigenvalue weighted by Gasteiger charge is 2.45. The highest BCUT2D eigenvalue weighted by atomic mass is 16.5. The first-order valence-electron chi connectivity index (χ1n) is 23.3. The Hall–Kier alpha value is -8.05. The van der Waals surface area contributed by atoms with Crippen LogP contribution in [0.4, 0.5) is 11.5 Å². The fourth-order valence-electron chi connectivity index (χ4n) is 8.18. The molecular formula is C48H55N13O10. The van der Waals surface area contributed by atoms with Gasteiger partial charge in [-0.2, -0.15) is 0 Å². The van der Waals surface area contributed by atoms with Crippen LogP contribution in [0.2, 0.25) is 0 Å². The fourth-order valence-corrected chi connectivity index (χ4v) is 8.18. The average Bonchev–Trinajstić information content (AvgIpc) is 3.63. The molecule has 3 aliphatic heterocycles. The van der Waals surface area contributed by atoms with Gasteiger partial charge < -0.3 is 35.8 Å². The van der Waals surface area contributed by atoms with E-state index in [-0.39, 0.29) is 125 Å². The topological polar surface area (TPSA) is 288 Å². The number of pyridine rings is 2. The zero-order valence-corrected chi connectivity index (χ0v) is 39.2. The summed E-state index contributed by atoms with van der Waals surface area (Å²) in [6, 6.07) is 10.9. The maximum absolute atomic E-state index is 13.3. The standard InChI is InChI=1S/C48H55N13O10/c1-58(41(66)8-4-16-51-34-7-2-6-33-43(34)48(70)61(47(33)69)35-9-10-38(63)57-46(35)68)29-39(64)52-19-25-71-26-20-53-40(65)30-59-21-23-60(24-22-59)42(67)12-11-37(62)55-36-28-54-44(31-13-17-49-18-14-31)45(56-36)32-5-3-15-50-27-32/h2-3,5-7,13-15,17-18,27-28,35,51H,4,8-12,16,19-26,29-30H2,1H3,(H,52,64)(H,53,65)(H,55,56,62)(H,57,63,68). The molecule has 0 radical (unpaired) electrons. The molecule has 23 heteroatoms. The lowest BCUT2D eigenvalue weighted by molar-refractivity contribution is -0.136. The third kappa shape index (κ3) is 13.6. The number of imide groups is 2. The Bertz CT molecular complexity index is 2630. The molecule has 2 saturated heterocycles. The molecule has 1 atom stereocenters. The smallest absolute Gasteiger partial charge is 0.264 e. The number of amides is 9. The van der Waals surface area contributed by atoms with Crippen molar-refractivity contribution in [3.63, 3.8) is 0 Å². The van der Waals surface area contributed by atoms with Crippen molar-refractivity contribution in [1.29, 1.82) is 0 Å². The normalized spacial score (nSPS) is 15.7. The average molecular weight is 974 g/mol. The van der Waals surface area contributed by atoms with Crippen molar-refractivity contribution < 1.29 is 47.9 Å². The third-order valence-corrected chi connectivity index (χ3v) is 11.9. The number of carbonyl (C=O) groups excluding carboxylic acids is 9. The van der Waals surface area contributed by atoms with Crippen molar-refractivity contribution in [3.05, 3.63) is 84.6 Å². The van der Waals surface area contributed by atoms with Crippen LogP contribution in [-0.2, 0) is 38.3 Å². The Kier molecular flexibility index (Phi) is 17.5. The van der Waals surface area contributed by atoms with Crippen molar-refractivity contribution in [2.45, 2.75) is 44.6 Å². The first-order valence-corrected chi connectivity index (χ1v) is 23.3. The lowest BCUT2D eigenvalue weighted by Crippen LogP contribution is -2.54. The van der Waals surface area contributed by atoms with Gasteiger partial charge in [0.2, 0.25) is 41.4 Å². The summed E-state index contributed by atoms with van der Waals surface area (Å²) in [6.45, 7) is 2.94. The summed E-state index contributed by atoms with van der Waals surface area (Å²) in [7, 11) is 1.51. The van der Waals surface area contributed by atoms with E-state index in [1.54, 1.807) is 47.9 Å². The number of rotatable bonds is 22. The second kappa shape index (κ2) is 24.5. The van der Waals surface area contributed by atoms with Gasteiger partial charge in [0.25, 0.3) is 11.8 Å². The number of carbonyl (C=O) groups is 9. The van der Waals surface area contributed by atoms with Gasteiger partial charge in [0.1, 0.15) is 11.7 Å². The summed E-state index contributed by atoms with van der Waals surface area (Å²) in [5.41, 5.74) is 3.33. The van der Waals surface area contributed by atoms with Gasteiger partial charge in [-0.05, 0) is 49.2 Å². The van der Waals surface area contributed by atoms with Crippen LogP contribution in [-0.4, -0.2) is 178 Å². The Balaban J connectivity index is 0.706. The number of likely N-dealkylation sites (N-methyl/N-ethyl adjacent to an activating group) is 1. The predicted molar refractivity (Wildman–Crippen MR) is 255 cm³/mol. The molecule has 0 bridgehead atoms. The molecule has 3 aromatic heterocycles. The summed E-state index contributed by atoms with van der Waals surface area (Å²) in [5.74, 6) is -3.53. The highest BCUT2D eigenvalue weighted by molar-refractivity contribution is 6.25. The van der Waals surface area contributed by atoms with E-state index in [1.807, 2.05) is 23.1 Å². The van der Waals surface area contributed by atoms with E-state index in [4.69, 9.17) is 4.74 Å². The van der Waals surface area contributed by atoms with Crippen LogP contribution in [0.15, 0.2) is 73.4 Å². The molecule has 372 valence electrons. The molecule has 1 unspecified atom stereocenters. The molecule has 0 spiro atoms. The van der Waals surface area contributed by atoms with Gasteiger partial charge in [-0.25, -0.2) is 4.98 Å². The Morgan fingerprint density at radius 2 is 1.54 bits per heavy atom. The molecule has 23 nitrogen and oxygen atoms in total. The summed E-state index contributed by atoms with van der Waals surface area (Å²) in [6.07, 6.45) is 8.61. The lowest BCUT2D eigenvalue weighted by atomic mass is 10.0. The van der Waals surface area contributed by atoms with Gasteiger partial charge in [0, 0.05) is 120 Å². The number of ether oxygens (including phenoxy) is 1. The molecule has 3 aliphatic rings. The second-order valence-electron chi connectivity index (χ2n) is 16.9. The van der Waals surface area contributed by atoms with Crippen molar-refractivity contribution in [1.82, 2.24) is 55.5 Å². The molecule has 6 heterocycles. The zero-order valence-electron chi connectivity index (χ0n) is 39.2. The van der Waals surface area contributed by atoms with Gasteiger partial charge in [-0.1, -0.05) is 6.07 Å².